The second-order valence-electron chi connectivity index (χ2n) is 6.90. The van der Waals surface area contributed by atoms with Gasteiger partial charge in [0.15, 0.2) is 0 Å². The highest BCUT2D eigenvalue weighted by Gasteiger charge is 2.15. The number of aryl methyl sites for hydroxylation is 1. The molecule has 150 valence electrons. The highest BCUT2D eigenvalue weighted by atomic mass is 16.5. The van der Waals surface area contributed by atoms with Gasteiger partial charge in [0.1, 0.15) is 23.0 Å². The summed E-state index contributed by atoms with van der Waals surface area (Å²) in [6.45, 7) is 3.96. The Labute approximate surface area is 169 Å². The van der Waals surface area contributed by atoms with E-state index in [9.17, 15) is 9.59 Å². The van der Waals surface area contributed by atoms with Crippen molar-refractivity contribution in [3.63, 3.8) is 0 Å². The van der Waals surface area contributed by atoms with Crippen LogP contribution in [0.1, 0.15) is 41.3 Å². The molecule has 0 fully saturated rings. The summed E-state index contributed by atoms with van der Waals surface area (Å²) in [5.41, 5.74) is 8.35. The summed E-state index contributed by atoms with van der Waals surface area (Å²) in [6, 6.07) is 10.7. The highest BCUT2D eigenvalue weighted by molar-refractivity contribution is 6.01. The van der Waals surface area contributed by atoms with Gasteiger partial charge in [0, 0.05) is 30.5 Å². The fourth-order valence-corrected chi connectivity index (χ4v) is 3.24. The largest absolute Gasteiger partial charge is 0.496 e. The van der Waals surface area contributed by atoms with Crippen molar-refractivity contribution in [3.05, 3.63) is 59.3 Å². The quantitative estimate of drug-likeness (QED) is 0.615. The number of hydrogen-bond acceptors (Lipinski definition) is 5. The first-order chi connectivity index (χ1) is 13.9. The number of carbonyl (C=O) groups is 2. The van der Waals surface area contributed by atoms with E-state index in [4.69, 9.17) is 15.2 Å². The van der Waals surface area contributed by atoms with Crippen LogP contribution in [0.3, 0.4) is 0 Å². The van der Waals surface area contributed by atoms with E-state index in [2.05, 4.69) is 4.98 Å². The number of amides is 1. The van der Waals surface area contributed by atoms with Crippen LogP contribution in [-0.4, -0.2) is 23.8 Å². The minimum atomic E-state index is -0.588. The molecule has 0 bridgehead atoms. The maximum absolute atomic E-state index is 11.9. The van der Waals surface area contributed by atoms with Crippen LogP contribution in [0.2, 0.25) is 0 Å². The first-order valence-corrected chi connectivity index (χ1v) is 9.48. The Morgan fingerprint density at radius 1 is 1.10 bits per heavy atom. The van der Waals surface area contributed by atoms with Crippen LogP contribution in [0.4, 0.5) is 0 Å². The average Bonchev–Trinajstić information content (AvgIpc) is 2.69. The predicted molar refractivity (Wildman–Crippen MR) is 112 cm³/mol. The lowest BCUT2D eigenvalue weighted by atomic mass is 10.0. The maximum atomic E-state index is 11.9. The molecule has 0 unspecified atom stereocenters. The monoisotopic (exact) mass is 392 g/mol. The average molecular weight is 392 g/mol. The predicted octanol–water partition coefficient (Wildman–Crippen LogP) is 4.35. The third kappa shape index (κ3) is 4.54. The molecule has 3 rings (SSSR count). The molecule has 0 atom stereocenters. The molecular formula is C23H24N2O4. The summed E-state index contributed by atoms with van der Waals surface area (Å²) < 4.78 is 11.3. The zero-order valence-electron chi connectivity index (χ0n) is 16.8. The number of ketones is 1. The van der Waals surface area contributed by atoms with Gasteiger partial charge in [-0.3, -0.25) is 14.6 Å². The van der Waals surface area contributed by atoms with Crippen LogP contribution < -0.4 is 15.2 Å². The molecule has 6 nitrogen and oxygen atoms in total. The molecule has 0 saturated heterocycles. The van der Waals surface area contributed by atoms with Crippen LogP contribution in [0.5, 0.6) is 17.2 Å². The van der Waals surface area contributed by atoms with Crippen molar-refractivity contribution in [1.29, 1.82) is 0 Å². The smallest absolute Gasteiger partial charge is 0.252 e. The maximum Gasteiger partial charge on any atom is 0.252 e. The normalized spacial score (nSPS) is 10.7. The lowest BCUT2D eigenvalue weighted by Gasteiger charge is -2.13. The molecule has 2 N–H and O–H groups in total. The molecule has 29 heavy (non-hydrogen) atoms. The van der Waals surface area contributed by atoms with Gasteiger partial charge in [-0.25, -0.2) is 0 Å². The number of primary amides is 1. The van der Waals surface area contributed by atoms with Gasteiger partial charge in [-0.1, -0.05) is 13.0 Å². The van der Waals surface area contributed by atoms with Crippen molar-refractivity contribution < 1.29 is 19.1 Å². The van der Waals surface area contributed by atoms with Crippen molar-refractivity contribution in [2.24, 2.45) is 5.73 Å². The molecule has 1 amide bonds. The van der Waals surface area contributed by atoms with E-state index in [-0.39, 0.29) is 11.3 Å². The summed E-state index contributed by atoms with van der Waals surface area (Å²) in [5, 5.41) is 0.655. The van der Waals surface area contributed by atoms with Gasteiger partial charge in [-0.15, -0.1) is 0 Å². The van der Waals surface area contributed by atoms with E-state index in [0.717, 1.165) is 17.5 Å². The SMILES string of the molecule is CCCC(=O)Cc1ccc(Oc2ccnc3cc(OC)c(C(N)=O)cc23)cc1C. The number of aromatic nitrogens is 1. The van der Waals surface area contributed by atoms with Gasteiger partial charge in [-0.05, 0) is 48.7 Å². The third-order valence-corrected chi connectivity index (χ3v) is 4.75. The van der Waals surface area contributed by atoms with Gasteiger partial charge in [0.2, 0.25) is 0 Å². The molecule has 6 heteroatoms. The second kappa shape index (κ2) is 8.73. The Balaban J connectivity index is 1.94. The van der Waals surface area contributed by atoms with E-state index in [1.807, 2.05) is 32.0 Å². The van der Waals surface area contributed by atoms with Crippen LogP contribution in [0, 0.1) is 6.92 Å². The van der Waals surface area contributed by atoms with Gasteiger partial charge < -0.3 is 15.2 Å². The Hall–Kier alpha value is -3.41. The molecule has 0 aliphatic heterocycles. The first kappa shape index (κ1) is 20.3. The van der Waals surface area contributed by atoms with E-state index in [1.165, 1.54) is 7.11 Å². The number of fused-ring (bicyclic) bond motifs is 1. The fraction of sp³-hybridized carbons (Fsp3) is 0.261. The van der Waals surface area contributed by atoms with Crippen molar-refractivity contribution in [1.82, 2.24) is 4.98 Å². The topological polar surface area (TPSA) is 91.5 Å². The summed E-state index contributed by atoms with van der Waals surface area (Å²) in [4.78, 5) is 28.0. The Kier molecular flexibility index (Phi) is 6.12. The number of nitrogens with two attached hydrogens (primary N) is 1. The van der Waals surface area contributed by atoms with Crippen molar-refractivity contribution in [2.75, 3.05) is 7.11 Å². The summed E-state index contributed by atoms with van der Waals surface area (Å²) >= 11 is 0. The van der Waals surface area contributed by atoms with Crippen LogP contribution in [-0.2, 0) is 11.2 Å². The van der Waals surface area contributed by atoms with E-state index >= 15 is 0 Å². The lowest BCUT2D eigenvalue weighted by molar-refractivity contribution is -0.118. The summed E-state index contributed by atoms with van der Waals surface area (Å²) in [7, 11) is 1.48. The zero-order valence-corrected chi connectivity index (χ0v) is 16.8. The number of ether oxygens (including phenoxy) is 2. The second-order valence-corrected chi connectivity index (χ2v) is 6.90. The van der Waals surface area contributed by atoms with Crippen molar-refractivity contribution in [3.8, 4) is 17.2 Å². The summed E-state index contributed by atoms with van der Waals surface area (Å²) in [5.74, 6) is 1.20. The molecule has 0 saturated carbocycles. The highest BCUT2D eigenvalue weighted by Crippen LogP contribution is 2.33. The van der Waals surface area contributed by atoms with Gasteiger partial charge in [0.25, 0.3) is 5.91 Å². The molecule has 0 spiro atoms. The van der Waals surface area contributed by atoms with Crippen LogP contribution >= 0.6 is 0 Å². The molecule has 3 aromatic rings. The number of carbonyl (C=O) groups excluding carboxylic acids is 2. The standard InChI is InChI=1S/C23H24N2O4/c1-4-5-16(26)11-15-6-7-17(10-14(15)2)29-21-8-9-25-20-13-22(28-3)19(23(24)27)12-18(20)21/h6-10,12-13H,4-5,11H2,1-3H3,(H2,24,27). The molecule has 2 aromatic carbocycles. The first-order valence-electron chi connectivity index (χ1n) is 9.48. The van der Waals surface area contributed by atoms with Crippen molar-refractivity contribution in [2.45, 2.75) is 33.1 Å². The molecule has 0 aliphatic rings. The molecule has 1 aromatic heterocycles. The number of pyridine rings is 1. The van der Waals surface area contributed by atoms with E-state index in [0.29, 0.717) is 41.0 Å². The van der Waals surface area contributed by atoms with Gasteiger partial charge in [-0.2, -0.15) is 0 Å². The summed E-state index contributed by atoms with van der Waals surface area (Å²) in [6.07, 6.45) is 3.50. The Morgan fingerprint density at radius 2 is 1.90 bits per heavy atom. The number of rotatable bonds is 8. The van der Waals surface area contributed by atoms with Gasteiger partial charge in [0.05, 0.1) is 18.2 Å². The van der Waals surface area contributed by atoms with E-state index < -0.39 is 5.91 Å². The molecular weight excluding hydrogens is 368 g/mol. The molecule has 0 radical (unpaired) electrons. The fourth-order valence-electron chi connectivity index (χ4n) is 3.24. The van der Waals surface area contributed by atoms with Gasteiger partial charge >= 0.3 is 0 Å². The zero-order chi connectivity index (χ0) is 21.0. The number of nitrogens with zero attached hydrogens (tertiary/aromatic N) is 1. The van der Waals surface area contributed by atoms with Crippen LogP contribution in [0.25, 0.3) is 10.9 Å². The molecule has 1 heterocycles. The van der Waals surface area contributed by atoms with Crippen molar-refractivity contribution >= 4 is 22.6 Å². The number of methoxy groups -OCH3 is 1. The van der Waals surface area contributed by atoms with Crippen LogP contribution in [0.15, 0.2) is 42.6 Å². The minimum absolute atomic E-state index is 0.234. The molecule has 0 aliphatic carbocycles. The van der Waals surface area contributed by atoms with E-state index in [1.54, 1.807) is 24.4 Å². The number of hydrogen-bond donors (Lipinski definition) is 1. The lowest BCUT2D eigenvalue weighted by Crippen LogP contribution is -2.12. The Morgan fingerprint density at radius 3 is 2.55 bits per heavy atom. The third-order valence-electron chi connectivity index (χ3n) is 4.75. The number of benzene rings is 2. The number of Topliss-reactive ketones (excluding diaryl/α,β-unsaturated/α-hetero) is 1. The minimum Gasteiger partial charge on any atom is -0.496 e. The Bertz CT molecular complexity index is 1080.